The molecule has 35 heavy (non-hydrogen) atoms. The van der Waals surface area contributed by atoms with Crippen LogP contribution in [0.4, 0.5) is 10.1 Å². The zero-order chi connectivity index (χ0) is 24.9. The lowest BCUT2D eigenvalue weighted by Gasteiger charge is -2.15. The number of hydrogen-bond donors (Lipinski definition) is 1. The van der Waals surface area contributed by atoms with E-state index < -0.39 is 0 Å². The number of hydrogen-bond acceptors (Lipinski definition) is 5. The number of halogens is 3. The van der Waals surface area contributed by atoms with Crippen molar-refractivity contribution in [1.29, 1.82) is 0 Å². The van der Waals surface area contributed by atoms with Crippen LogP contribution >= 0.6 is 39.3 Å². The zero-order valence-corrected chi connectivity index (χ0v) is 22.1. The Labute approximate surface area is 220 Å². The number of thioether (sulfide) groups is 1. The molecule has 0 unspecified atom stereocenters. The van der Waals surface area contributed by atoms with E-state index in [0.29, 0.717) is 48.9 Å². The van der Waals surface area contributed by atoms with Crippen LogP contribution in [0.25, 0.3) is 6.08 Å². The van der Waals surface area contributed by atoms with Gasteiger partial charge in [0.25, 0.3) is 5.91 Å². The fourth-order valence-corrected chi connectivity index (χ4v) is 4.88. The Morgan fingerprint density at radius 2 is 1.97 bits per heavy atom. The molecule has 0 aliphatic carbocycles. The molecular weight excluding hydrogens is 555 g/mol. The lowest BCUT2D eigenvalue weighted by Crippen LogP contribution is -2.19. The molecule has 1 fully saturated rings. The Balaban J connectivity index is 1.58. The second-order valence-electron chi connectivity index (χ2n) is 7.51. The zero-order valence-electron chi connectivity index (χ0n) is 18.9. The van der Waals surface area contributed by atoms with Crippen molar-refractivity contribution < 1.29 is 18.7 Å². The van der Waals surface area contributed by atoms with Gasteiger partial charge in [-0.1, -0.05) is 35.9 Å². The Morgan fingerprint density at radius 3 is 2.74 bits per heavy atom. The fraction of sp³-hybridized carbons (Fsp3) is 0.154. The van der Waals surface area contributed by atoms with Gasteiger partial charge in [-0.15, -0.1) is 0 Å². The van der Waals surface area contributed by atoms with Crippen molar-refractivity contribution in [2.75, 3.05) is 6.61 Å². The summed E-state index contributed by atoms with van der Waals surface area (Å²) in [5.74, 6) is 0.358. The van der Waals surface area contributed by atoms with Crippen molar-refractivity contribution in [3.63, 3.8) is 0 Å². The Morgan fingerprint density at radius 1 is 1.17 bits per heavy atom. The summed E-state index contributed by atoms with van der Waals surface area (Å²) < 4.78 is 26.3. The molecule has 1 N–H and O–H groups in total. The molecule has 3 aromatic carbocycles. The lowest BCUT2D eigenvalue weighted by molar-refractivity contribution is -0.115. The third-order valence-electron chi connectivity index (χ3n) is 5.07. The largest absolute Gasteiger partial charge is 0.490 e. The van der Waals surface area contributed by atoms with Gasteiger partial charge in [-0.05, 0) is 89.1 Å². The van der Waals surface area contributed by atoms with Gasteiger partial charge < -0.3 is 14.8 Å². The third-order valence-corrected chi connectivity index (χ3v) is 6.98. The first-order valence-electron chi connectivity index (χ1n) is 10.7. The average molecular weight is 576 g/mol. The number of carbonyl (C=O) groups excluding carboxylic acids is 1. The number of benzene rings is 3. The topological polar surface area (TPSA) is 59.9 Å². The van der Waals surface area contributed by atoms with E-state index in [1.54, 1.807) is 36.4 Å². The van der Waals surface area contributed by atoms with E-state index in [9.17, 15) is 9.18 Å². The van der Waals surface area contributed by atoms with E-state index in [1.165, 1.54) is 17.8 Å². The summed E-state index contributed by atoms with van der Waals surface area (Å²) >= 11 is 10.9. The number of nitrogens with one attached hydrogen (secondary N) is 1. The maximum absolute atomic E-state index is 14.0. The van der Waals surface area contributed by atoms with E-state index in [-0.39, 0.29) is 18.3 Å². The molecule has 0 bridgehead atoms. The summed E-state index contributed by atoms with van der Waals surface area (Å²) in [6.07, 6.45) is 1.75. The number of amides is 1. The molecule has 0 radical (unpaired) electrons. The van der Waals surface area contributed by atoms with Gasteiger partial charge in [0.1, 0.15) is 12.4 Å². The molecule has 0 spiro atoms. The van der Waals surface area contributed by atoms with Crippen molar-refractivity contribution in [1.82, 2.24) is 5.32 Å². The van der Waals surface area contributed by atoms with E-state index in [4.69, 9.17) is 21.1 Å². The molecule has 0 aromatic heterocycles. The molecule has 5 nitrogen and oxygen atoms in total. The number of amidine groups is 1. The summed E-state index contributed by atoms with van der Waals surface area (Å²) in [4.78, 5) is 17.6. The van der Waals surface area contributed by atoms with Crippen molar-refractivity contribution in [2.24, 2.45) is 4.99 Å². The number of ether oxygens (including phenoxy) is 2. The van der Waals surface area contributed by atoms with E-state index in [0.717, 1.165) is 11.1 Å². The number of rotatable bonds is 7. The smallest absolute Gasteiger partial charge is 0.264 e. The predicted octanol–water partition coefficient (Wildman–Crippen LogP) is 7.42. The number of nitrogens with zero attached hydrogens (tertiary/aromatic N) is 1. The van der Waals surface area contributed by atoms with Crippen molar-refractivity contribution in [3.05, 3.63) is 91.5 Å². The van der Waals surface area contributed by atoms with Crippen LogP contribution in [-0.4, -0.2) is 17.7 Å². The second-order valence-corrected chi connectivity index (χ2v) is 9.80. The minimum absolute atomic E-state index is 0.0484. The standard InChI is InChI=1S/C26H21BrClFN2O3S/c1-3-33-22-12-16(11-18(27)24(22)34-14-17-7-4-5-9-20(17)29)13-23-25(32)31-26(35-23)30-21-10-6-8-19(28)15(21)2/h4-13H,3,14H2,1-2H3,(H,30,31,32)/b23-13+. The molecule has 9 heteroatoms. The SMILES string of the molecule is CCOc1cc(/C=C2/SC(=Nc3cccc(Cl)c3C)NC2=O)cc(Br)c1OCc1ccccc1F. The van der Waals surface area contributed by atoms with Gasteiger partial charge in [0.15, 0.2) is 16.7 Å². The molecule has 180 valence electrons. The molecule has 3 aromatic rings. The Bertz CT molecular complexity index is 1350. The van der Waals surface area contributed by atoms with Crippen LogP contribution in [0.2, 0.25) is 5.02 Å². The average Bonchev–Trinajstić information content (AvgIpc) is 3.16. The minimum Gasteiger partial charge on any atom is -0.490 e. The molecule has 0 saturated carbocycles. The monoisotopic (exact) mass is 574 g/mol. The van der Waals surface area contributed by atoms with Gasteiger partial charge in [-0.25, -0.2) is 9.38 Å². The first kappa shape index (κ1) is 25.3. The van der Waals surface area contributed by atoms with Gasteiger partial charge in [0.2, 0.25) is 0 Å². The van der Waals surface area contributed by atoms with Gasteiger partial charge in [-0.3, -0.25) is 4.79 Å². The van der Waals surface area contributed by atoms with E-state index in [1.807, 2.05) is 32.0 Å². The Hall–Kier alpha value is -2.81. The molecule has 1 aliphatic rings. The normalized spacial score (nSPS) is 15.5. The van der Waals surface area contributed by atoms with Gasteiger partial charge >= 0.3 is 0 Å². The van der Waals surface area contributed by atoms with Gasteiger partial charge in [0, 0.05) is 10.6 Å². The van der Waals surface area contributed by atoms with Crippen LogP contribution in [0.5, 0.6) is 11.5 Å². The molecule has 0 atom stereocenters. The molecule has 1 amide bonds. The lowest BCUT2D eigenvalue weighted by atomic mass is 10.1. The second kappa shape index (κ2) is 11.3. The maximum atomic E-state index is 14.0. The summed E-state index contributed by atoms with van der Waals surface area (Å²) in [5.41, 5.74) is 2.70. The van der Waals surface area contributed by atoms with Crippen LogP contribution < -0.4 is 14.8 Å². The Kier molecular flexibility index (Phi) is 8.15. The number of carbonyl (C=O) groups is 1. The highest BCUT2D eigenvalue weighted by Gasteiger charge is 2.24. The van der Waals surface area contributed by atoms with E-state index >= 15 is 0 Å². The minimum atomic E-state index is -0.336. The van der Waals surface area contributed by atoms with Crippen molar-refractivity contribution >= 4 is 62.1 Å². The fourth-order valence-electron chi connectivity index (χ4n) is 3.30. The van der Waals surface area contributed by atoms with Gasteiger partial charge in [0.05, 0.1) is 21.7 Å². The number of aliphatic imine (C=N–C) groups is 1. The highest BCUT2D eigenvalue weighted by atomic mass is 79.9. The molecule has 1 saturated heterocycles. The highest BCUT2D eigenvalue weighted by Crippen LogP contribution is 2.39. The van der Waals surface area contributed by atoms with Crippen LogP contribution in [0.1, 0.15) is 23.6 Å². The first-order valence-corrected chi connectivity index (χ1v) is 12.7. The van der Waals surface area contributed by atoms with Crippen molar-refractivity contribution in [2.45, 2.75) is 20.5 Å². The quantitative estimate of drug-likeness (QED) is 0.298. The van der Waals surface area contributed by atoms with E-state index in [2.05, 4.69) is 26.2 Å². The van der Waals surface area contributed by atoms with Crippen LogP contribution in [0.15, 0.2) is 69.0 Å². The summed E-state index contributed by atoms with van der Waals surface area (Å²) in [7, 11) is 0. The summed E-state index contributed by atoms with van der Waals surface area (Å²) in [5, 5.41) is 3.87. The van der Waals surface area contributed by atoms with Crippen LogP contribution in [0, 0.1) is 12.7 Å². The highest BCUT2D eigenvalue weighted by molar-refractivity contribution is 9.10. The molecule has 1 aliphatic heterocycles. The van der Waals surface area contributed by atoms with Crippen molar-refractivity contribution in [3.8, 4) is 11.5 Å². The first-order chi connectivity index (χ1) is 16.9. The third kappa shape index (κ3) is 6.07. The maximum Gasteiger partial charge on any atom is 0.264 e. The molecule has 4 rings (SSSR count). The summed E-state index contributed by atoms with van der Waals surface area (Å²) in [6.45, 7) is 4.20. The molecule has 1 heterocycles. The predicted molar refractivity (Wildman–Crippen MR) is 143 cm³/mol. The molecular formula is C26H21BrClFN2O3S. The van der Waals surface area contributed by atoms with Crippen LogP contribution in [0.3, 0.4) is 0 Å². The summed E-state index contributed by atoms with van der Waals surface area (Å²) in [6, 6.07) is 15.5. The van der Waals surface area contributed by atoms with Crippen LogP contribution in [-0.2, 0) is 11.4 Å². The van der Waals surface area contributed by atoms with Gasteiger partial charge in [-0.2, -0.15) is 0 Å².